The highest BCUT2D eigenvalue weighted by atomic mass is 32.2. The molecule has 0 spiro atoms. The Balaban J connectivity index is 1.63. The Morgan fingerprint density at radius 2 is 2.00 bits per heavy atom. The van der Waals surface area contributed by atoms with E-state index in [9.17, 15) is 18.5 Å². The highest BCUT2D eigenvalue weighted by Crippen LogP contribution is 2.34. The van der Waals surface area contributed by atoms with Crippen LogP contribution in [0.1, 0.15) is 24.9 Å². The van der Waals surface area contributed by atoms with Gasteiger partial charge in [0.05, 0.1) is 39.0 Å². The van der Waals surface area contributed by atoms with E-state index in [0.717, 1.165) is 16.6 Å². The Hall–Kier alpha value is -3.48. The van der Waals surface area contributed by atoms with Gasteiger partial charge in [-0.3, -0.25) is 4.79 Å². The van der Waals surface area contributed by atoms with Crippen LogP contribution in [0, 0.1) is 17.2 Å². The Morgan fingerprint density at radius 3 is 2.81 bits per heavy atom. The van der Waals surface area contributed by atoms with Gasteiger partial charge in [-0.1, -0.05) is 19.1 Å². The molecule has 8 nitrogen and oxygen atoms in total. The number of hydrogen-bond acceptors (Lipinski definition) is 4. The summed E-state index contributed by atoms with van der Waals surface area (Å²) in [5, 5.41) is 10.8. The highest BCUT2D eigenvalue weighted by Gasteiger charge is 2.36. The van der Waals surface area contributed by atoms with Crippen molar-refractivity contribution < 1.29 is 13.4 Å². The fourth-order valence-corrected chi connectivity index (χ4v) is 6.24. The SMILES string of the molecule is CC1CCN(S(=O)(=O)c2ccccc2C#N)CC1n1ccc(=O)c2c[nH+]c3[nH]ccc3c21. The zero-order valence-electron chi connectivity index (χ0n) is 17.4. The molecule has 0 bridgehead atoms. The van der Waals surface area contributed by atoms with Crippen molar-refractivity contribution in [2.24, 2.45) is 5.92 Å². The summed E-state index contributed by atoms with van der Waals surface area (Å²) >= 11 is 0. The lowest BCUT2D eigenvalue weighted by molar-refractivity contribution is -0.345. The molecule has 1 fully saturated rings. The quantitative estimate of drug-likeness (QED) is 0.519. The van der Waals surface area contributed by atoms with Crippen molar-refractivity contribution in [3.8, 4) is 6.07 Å². The third kappa shape index (κ3) is 3.11. The molecule has 3 aromatic heterocycles. The number of pyridine rings is 2. The summed E-state index contributed by atoms with van der Waals surface area (Å²) in [7, 11) is -3.84. The Labute approximate surface area is 184 Å². The lowest BCUT2D eigenvalue weighted by Gasteiger charge is -2.38. The summed E-state index contributed by atoms with van der Waals surface area (Å²) in [6.07, 6.45) is 5.93. The average molecular weight is 449 g/mol. The summed E-state index contributed by atoms with van der Waals surface area (Å²) in [5.74, 6) is 0.191. The molecule has 1 aromatic carbocycles. The molecule has 0 saturated carbocycles. The number of hydrogen-bond donors (Lipinski definition) is 1. The molecule has 1 aliphatic heterocycles. The van der Waals surface area contributed by atoms with Crippen molar-refractivity contribution in [1.29, 1.82) is 5.26 Å². The first-order valence-corrected chi connectivity index (χ1v) is 11.9. The topological polar surface area (TPSA) is 113 Å². The molecule has 2 atom stereocenters. The van der Waals surface area contributed by atoms with E-state index in [1.165, 1.54) is 22.5 Å². The third-order valence-electron chi connectivity index (χ3n) is 6.39. The standard InChI is InChI=1S/C23H21N5O3S/c1-15-7-10-27(32(30,31)21-5-3-2-4-16(21)12-24)14-19(15)28-11-8-20(29)18-13-26-23-17(22(18)28)6-9-25-23/h2-6,8-9,11,13,15,19H,7,10,14H2,1H3,(H,25,26)/p+1. The number of rotatable bonds is 3. The molecule has 2 N–H and O–H groups in total. The van der Waals surface area contributed by atoms with Crippen LogP contribution in [0.3, 0.4) is 0 Å². The number of nitrogens with one attached hydrogen (secondary N) is 2. The van der Waals surface area contributed by atoms with Gasteiger partial charge < -0.3 is 4.57 Å². The molecular weight excluding hydrogens is 426 g/mol. The molecule has 9 heteroatoms. The molecule has 1 aliphatic rings. The maximum atomic E-state index is 13.4. The molecule has 0 aliphatic carbocycles. The molecule has 4 aromatic rings. The maximum absolute atomic E-state index is 13.4. The van der Waals surface area contributed by atoms with E-state index in [1.807, 2.05) is 22.9 Å². The van der Waals surface area contributed by atoms with E-state index in [0.29, 0.717) is 18.4 Å². The molecule has 162 valence electrons. The maximum Gasteiger partial charge on any atom is 0.286 e. The van der Waals surface area contributed by atoms with Gasteiger partial charge in [-0.25, -0.2) is 18.4 Å². The van der Waals surface area contributed by atoms with Crippen molar-refractivity contribution in [3.05, 3.63) is 70.8 Å². The van der Waals surface area contributed by atoms with Crippen molar-refractivity contribution in [3.63, 3.8) is 0 Å². The van der Waals surface area contributed by atoms with Gasteiger partial charge in [0, 0.05) is 25.4 Å². The predicted molar refractivity (Wildman–Crippen MR) is 119 cm³/mol. The van der Waals surface area contributed by atoms with Crippen LogP contribution in [0.5, 0.6) is 0 Å². The molecule has 4 heterocycles. The zero-order chi connectivity index (χ0) is 22.5. The predicted octanol–water partition coefficient (Wildman–Crippen LogP) is 2.44. The third-order valence-corrected chi connectivity index (χ3v) is 8.32. The van der Waals surface area contributed by atoms with Crippen molar-refractivity contribution >= 4 is 32.0 Å². The van der Waals surface area contributed by atoms with Crippen molar-refractivity contribution in [2.75, 3.05) is 13.1 Å². The van der Waals surface area contributed by atoms with E-state index in [-0.39, 0.29) is 34.4 Å². The number of piperidine rings is 1. The minimum Gasteiger partial charge on any atom is -0.342 e. The van der Waals surface area contributed by atoms with Crippen LogP contribution < -0.4 is 10.4 Å². The molecule has 32 heavy (non-hydrogen) atoms. The van der Waals surface area contributed by atoms with Crippen LogP contribution in [0.4, 0.5) is 0 Å². The number of H-pyrrole nitrogens is 2. The second-order valence-corrected chi connectivity index (χ2v) is 10.1. The summed E-state index contributed by atoms with van der Waals surface area (Å²) in [5.41, 5.74) is 1.63. The minimum absolute atomic E-state index is 0.0307. The zero-order valence-corrected chi connectivity index (χ0v) is 18.3. The van der Waals surface area contributed by atoms with Crippen molar-refractivity contribution in [1.82, 2.24) is 13.9 Å². The van der Waals surface area contributed by atoms with Gasteiger partial charge in [-0.05, 0) is 30.5 Å². The van der Waals surface area contributed by atoms with Crippen LogP contribution >= 0.6 is 0 Å². The Bertz CT molecular complexity index is 1550. The molecule has 2 unspecified atom stereocenters. The van der Waals surface area contributed by atoms with Gasteiger partial charge in [0.1, 0.15) is 12.3 Å². The van der Waals surface area contributed by atoms with Gasteiger partial charge in [-0.2, -0.15) is 9.57 Å². The highest BCUT2D eigenvalue weighted by molar-refractivity contribution is 7.89. The van der Waals surface area contributed by atoms with Gasteiger partial charge >= 0.3 is 0 Å². The first-order chi connectivity index (χ1) is 15.4. The van der Waals surface area contributed by atoms with Crippen LogP contribution in [-0.2, 0) is 10.0 Å². The van der Waals surface area contributed by atoms with Gasteiger partial charge in [0.2, 0.25) is 10.0 Å². The molecule has 0 amide bonds. The summed E-state index contributed by atoms with van der Waals surface area (Å²) in [4.78, 5) is 18.8. The van der Waals surface area contributed by atoms with Crippen LogP contribution in [0.25, 0.3) is 21.9 Å². The normalized spacial score (nSPS) is 19.9. The number of sulfonamides is 1. The largest absolute Gasteiger partial charge is 0.342 e. The molecule has 0 radical (unpaired) electrons. The monoisotopic (exact) mass is 448 g/mol. The van der Waals surface area contributed by atoms with Gasteiger partial charge in [-0.15, -0.1) is 0 Å². The summed E-state index contributed by atoms with van der Waals surface area (Å²) < 4.78 is 30.4. The Morgan fingerprint density at radius 1 is 1.19 bits per heavy atom. The van der Waals surface area contributed by atoms with E-state index < -0.39 is 10.0 Å². The molecular formula is C23H22N5O3S+. The number of aromatic nitrogens is 3. The second-order valence-electron chi connectivity index (χ2n) is 8.21. The number of nitriles is 1. The fourth-order valence-electron chi connectivity index (χ4n) is 4.62. The van der Waals surface area contributed by atoms with Crippen LogP contribution in [-0.4, -0.2) is 35.4 Å². The van der Waals surface area contributed by atoms with Crippen molar-refractivity contribution in [2.45, 2.75) is 24.3 Å². The Kier molecular flexibility index (Phi) is 4.84. The minimum atomic E-state index is -3.84. The van der Waals surface area contributed by atoms with E-state index in [4.69, 9.17) is 0 Å². The second kappa shape index (κ2) is 7.58. The first kappa shape index (κ1) is 20.4. The number of aromatic amines is 2. The summed E-state index contributed by atoms with van der Waals surface area (Å²) in [6.45, 7) is 2.74. The van der Waals surface area contributed by atoms with Gasteiger partial charge in [0.25, 0.3) is 5.65 Å². The lowest BCUT2D eigenvalue weighted by atomic mass is 9.94. The van der Waals surface area contributed by atoms with Gasteiger partial charge in [0.15, 0.2) is 5.43 Å². The fraction of sp³-hybridized carbons (Fsp3) is 0.261. The number of nitrogens with zero attached hydrogens (tertiary/aromatic N) is 3. The van der Waals surface area contributed by atoms with E-state index in [1.54, 1.807) is 24.5 Å². The van der Waals surface area contributed by atoms with E-state index >= 15 is 0 Å². The van der Waals surface area contributed by atoms with E-state index in [2.05, 4.69) is 16.9 Å². The van der Waals surface area contributed by atoms with Crippen LogP contribution in [0.2, 0.25) is 0 Å². The summed E-state index contributed by atoms with van der Waals surface area (Å²) in [6, 6.07) is 11.5. The number of benzene rings is 1. The number of fused-ring (bicyclic) bond motifs is 3. The molecule has 5 rings (SSSR count). The average Bonchev–Trinajstić information content (AvgIpc) is 3.29. The smallest absolute Gasteiger partial charge is 0.286 e. The lowest BCUT2D eigenvalue weighted by Crippen LogP contribution is -2.44. The van der Waals surface area contributed by atoms with Crippen LogP contribution in [0.15, 0.2) is 64.7 Å². The first-order valence-electron chi connectivity index (χ1n) is 10.4. The molecule has 1 saturated heterocycles.